The van der Waals surface area contributed by atoms with Crippen LogP contribution in [0.5, 0.6) is 0 Å². The van der Waals surface area contributed by atoms with Crippen molar-refractivity contribution in [1.29, 1.82) is 0 Å². The molecule has 2 heterocycles. The van der Waals surface area contributed by atoms with Crippen molar-refractivity contribution in [3.05, 3.63) is 87.1 Å². The molecule has 0 radical (unpaired) electrons. The summed E-state index contributed by atoms with van der Waals surface area (Å²) < 4.78 is 52.8. The third-order valence-electron chi connectivity index (χ3n) is 9.87. The zero-order chi connectivity index (χ0) is 30.1. The summed E-state index contributed by atoms with van der Waals surface area (Å²) in [5.41, 5.74) is 1.16. The zero-order valence-corrected chi connectivity index (χ0v) is 24.9. The van der Waals surface area contributed by atoms with E-state index in [1.165, 1.54) is 23.1 Å². The SMILES string of the molecule is O=C(O)[C@@H](CC1CC1)C1CC(CN2CCC(c3cnc(Cc4ccc(C(F)(F)F)cc4)s3)CC2)C(c2cccc(F)c2)C1. The molecular formula is C34H38F4N2O2S. The van der Waals surface area contributed by atoms with E-state index in [1.807, 2.05) is 12.3 Å². The number of hydrogen-bond acceptors (Lipinski definition) is 4. The first-order valence-electron chi connectivity index (χ1n) is 15.4. The van der Waals surface area contributed by atoms with Gasteiger partial charge in [-0.25, -0.2) is 9.37 Å². The predicted molar refractivity (Wildman–Crippen MR) is 159 cm³/mol. The molecule has 0 bridgehead atoms. The van der Waals surface area contributed by atoms with E-state index in [0.29, 0.717) is 24.2 Å². The summed E-state index contributed by atoms with van der Waals surface area (Å²) in [6.45, 7) is 2.78. The van der Waals surface area contributed by atoms with Gasteiger partial charge in [0.2, 0.25) is 0 Å². The van der Waals surface area contributed by atoms with Gasteiger partial charge in [0, 0.05) is 24.0 Å². The molecule has 3 unspecified atom stereocenters. The minimum Gasteiger partial charge on any atom is -0.481 e. The number of alkyl halides is 3. The summed E-state index contributed by atoms with van der Waals surface area (Å²) in [4.78, 5) is 20.6. The number of carboxylic acid groups (broad SMARTS) is 1. The van der Waals surface area contributed by atoms with Gasteiger partial charge in [-0.2, -0.15) is 13.2 Å². The van der Waals surface area contributed by atoms with Crippen LogP contribution in [0, 0.1) is 29.5 Å². The van der Waals surface area contributed by atoms with Crippen LogP contribution in [0.25, 0.3) is 0 Å². The maximum absolute atomic E-state index is 14.2. The highest BCUT2D eigenvalue weighted by Crippen LogP contribution is 2.50. The smallest absolute Gasteiger partial charge is 0.416 e. The summed E-state index contributed by atoms with van der Waals surface area (Å²) in [5.74, 6) is 0.289. The second-order valence-corrected chi connectivity index (χ2v) is 14.0. The van der Waals surface area contributed by atoms with Crippen molar-refractivity contribution < 1.29 is 27.5 Å². The van der Waals surface area contributed by atoms with Gasteiger partial charge in [0.15, 0.2) is 0 Å². The van der Waals surface area contributed by atoms with Crippen LogP contribution in [-0.4, -0.2) is 40.6 Å². The standard InChI is InChI=1S/C34H38F4N2O2S/c35-28-3-1-2-24(17-28)29-18-25(30(33(41)42)14-21-4-5-21)16-26(29)20-40-12-10-23(11-13-40)31-19-39-32(43-31)15-22-6-8-27(9-7-22)34(36,37)38/h1-3,6-9,17,19,21,23,25-26,29-30H,4-5,10-16,18,20H2,(H,41,42)/t25?,26?,29?,30-/m0/s1. The Morgan fingerprint density at radius 2 is 1.79 bits per heavy atom. The fraction of sp³-hybridized carbons (Fsp3) is 0.529. The summed E-state index contributed by atoms with van der Waals surface area (Å²) >= 11 is 1.65. The lowest BCUT2D eigenvalue weighted by molar-refractivity contribution is -0.144. The number of benzene rings is 2. The van der Waals surface area contributed by atoms with Crippen molar-refractivity contribution in [2.75, 3.05) is 19.6 Å². The minimum absolute atomic E-state index is 0.120. The van der Waals surface area contributed by atoms with Crippen LogP contribution >= 0.6 is 11.3 Å². The Balaban J connectivity index is 1.07. The highest BCUT2D eigenvalue weighted by Gasteiger charge is 2.43. The van der Waals surface area contributed by atoms with E-state index < -0.39 is 17.7 Å². The van der Waals surface area contributed by atoms with E-state index >= 15 is 0 Å². The first kappa shape index (κ1) is 30.3. The molecular weight excluding hydrogens is 576 g/mol. The molecule has 2 aliphatic carbocycles. The quantitative estimate of drug-likeness (QED) is 0.233. The Morgan fingerprint density at radius 3 is 2.44 bits per heavy atom. The molecule has 3 aliphatic rings. The lowest BCUT2D eigenvalue weighted by atomic mass is 9.85. The van der Waals surface area contributed by atoms with Crippen LogP contribution in [0.4, 0.5) is 17.6 Å². The molecule has 43 heavy (non-hydrogen) atoms. The van der Waals surface area contributed by atoms with Gasteiger partial charge < -0.3 is 10.0 Å². The lowest BCUT2D eigenvalue weighted by Crippen LogP contribution is -2.37. The van der Waals surface area contributed by atoms with Crippen molar-refractivity contribution in [2.24, 2.45) is 23.7 Å². The van der Waals surface area contributed by atoms with Gasteiger partial charge in [0.1, 0.15) is 5.82 Å². The number of carbonyl (C=O) groups is 1. The maximum atomic E-state index is 14.2. The number of rotatable bonds is 10. The Labute approximate surface area is 254 Å². The number of halogens is 4. The van der Waals surface area contributed by atoms with E-state index in [9.17, 15) is 27.5 Å². The van der Waals surface area contributed by atoms with E-state index in [2.05, 4.69) is 9.88 Å². The minimum atomic E-state index is -4.33. The number of nitrogens with zero attached hydrogens (tertiary/aromatic N) is 2. The normalized spacial score (nSPS) is 24.3. The van der Waals surface area contributed by atoms with Gasteiger partial charge in [-0.05, 0) is 110 Å². The van der Waals surface area contributed by atoms with Crippen LogP contribution in [0.1, 0.15) is 83.4 Å². The van der Waals surface area contributed by atoms with E-state index in [1.54, 1.807) is 23.5 Å². The summed E-state index contributed by atoms with van der Waals surface area (Å²) in [5, 5.41) is 11.0. The number of piperidine rings is 1. The number of aliphatic carboxylic acids is 1. The third-order valence-corrected chi connectivity index (χ3v) is 11.0. The Hall–Kier alpha value is -2.78. The fourth-order valence-electron chi connectivity index (χ4n) is 7.36. The molecule has 1 N–H and O–H groups in total. The molecule has 4 atom stereocenters. The molecule has 2 saturated carbocycles. The molecule has 2 aromatic carbocycles. The van der Waals surface area contributed by atoms with E-state index in [4.69, 9.17) is 0 Å². The molecule has 3 aromatic rings. The average Bonchev–Trinajstić information content (AvgIpc) is 3.52. The number of aromatic nitrogens is 1. The topological polar surface area (TPSA) is 53.4 Å². The Kier molecular flexibility index (Phi) is 8.92. The molecule has 4 nitrogen and oxygen atoms in total. The largest absolute Gasteiger partial charge is 0.481 e. The van der Waals surface area contributed by atoms with Gasteiger partial charge in [-0.3, -0.25) is 4.79 Å². The third kappa shape index (κ3) is 7.48. The number of likely N-dealkylation sites (tertiary alicyclic amines) is 1. The number of carboxylic acids is 1. The predicted octanol–water partition coefficient (Wildman–Crippen LogP) is 8.38. The second-order valence-electron chi connectivity index (χ2n) is 12.9. The van der Waals surface area contributed by atoms with Gasteiger partial charge in [-0.15, -0.1) is 11.3 Å². The Morgan fingerprint density at radius 1 is 1.05 bits per heavy atom. The van der Waals surface area contributed by atoms with Crippen molar-refractivity contribution in [2.45, 2.75) is 69.4 Å². The highest BCUT2D eigenvalue weighted by atomic mass is 32.1. The Bertz CT molecular complexity index is 1400. The fourth-order valence-corrected chi connectivity index (χ4v) is 8.49. The molecule has 230 valence electrons. The van der Waals surface area contributed by atoms with E-state index in [0.717, 1.165) is 92.8 Å². The van der Waals surface area contributed by atoms with Crippen LogP contribution in [0.2, 0.25) is 0 Å². The first-order chi connectivity index (χ1) is 20.6. The maximum Gasteiger partial charge on any atom is 0.416 e. The zero-order valence-electron chi connectivity index (χ0n) is 24.1. The van der Waals surface area contributed by atoms with Crippen LogP contribution < -0.4 is 0 Å². The van der Waals surface area contributed by atoms with Crippen molar-refractivity contribution in [3.63, 3.8) is 0 Å². The monoisotopic (exact) mass is 614 g/mol. The van der Waals surface area contributed by atoms with Crippen molar-refractivity contribution in [1.82, 2.24) is 9.88 Å². The van der Waals surface area contributed by atoms with Crippen LogP contribution in [0.3, 0.4) is 0 Å². The number of hydrogen-bond donors (Lipinski definition) is 1. The van der Waals surface area contributed by atoms with Crippen LogP contribution in [0.15, 0.2) is 54.7 Å². The van der Waals surface area contributed by atoms with Gasteiger partial charge in [0.05, 0.1) is 16.5 Å². The summed E-state index contributed by atoms with van der Waals surface area (Å²) in [6.07, 6.45) is 4.83. The highest BCUT2D eigenvalue weighted by molar-refractivity contribution is 7.11. The molecule has 6 rings (SSSR count). The number of thiazole rings is 1. The van der Waals surface area contributed by atoms with Gasteiger partial charge in [-0.1, -0.05) is 37.1 Å². The van der Waals surface area contributed by atoms with Crippen LogP contribution in [-0.2, 0) is 17.4 Å². The van der Waals surface area contributed by atoms with Gasteiger partial charge >= 0.3 is 12.1 Å². The van der Waals surface area contributed by atoms with Gasteiger partial charge in [0.25, 0.3) is 0 Å². The molecule has 0 amide bonds. The summed E-state index contributed by atoms with van der Waals surface area (Å²) in [7, 11) is 0. The van der Waals surface area contributed by atoms with Crippen molar-refractivity contribution in [3.8, 4) is 0 Å². The van der Waals surface area contributed by atoms with E-state index in [-0.39, 0.29) is 23.6 Å². The molecule has 0 spiro atoms. The lowest BCUT2D eigenvalue weighted by Gasteiger charge is -2.34. The molecule has 1 saturated heterocycles. The molecule has 9 heteroatoms. The van der Waals surface area contributed by atoms with Crippen molar-refractivity contribution >= 4 is 17.3 Å². The molecule has 1 aliphatic heterocycles. The average molecular weight is 615 g/mol. The molecule has 1 aromatic heterocycles. The second kappa shape index (κ2) is 12.7. The first-order valence-corrected chi connectivity index (χ1v) is 16.3. The summed E-state index contributed by atoms with van der Waals surface area (Å²) in [6, 6.07) is 12.2. The molecule has 3 fully saturated rings.